The quantitative estimate of drug-likeness (QED) is 0.289. The Morgan fingerprint density at radius 1 is 0.750 bits per heavy atom. The standard InChI is InChI=1S/C14H30O4S.H3N/c1-2-3-4-5-6-7-8-9-10-11-12-13-14-18-19(15,16)17;/h2-14H2,1H3,(H,15,16,17);1H3. The van der Waals surface area contributed by atoms with Crippen LogP contribution in [0.25, 0.3) is 0 Å². The molecule has 0 saturated carbocycles. The minimum absolute atomic E-state index is 0. The second-order valence-electron chi connectivity index (χ2n) is 5.12. The van der Waals surface area contributed by atoms with Crippen molar-refractivity contribution in [3.8, 4) is 0 Å². The van der Waals surface area contributed by atoms with E-state index in [0.717, 1.165) is 12.8 Å². The Morgan fingerprint density at radius 2 is 1.10 bits per heavy atom. The zero-order chi connectivity index (χ0) is 14.4. The summed E-state index contributed by atoms with van der Waals surface area (Å²) >= 11 is 0. The van der Waals surface area contributed by atoms with Gasteiger partial charge in [-0.25, -0.2) is 8.42 Å². The second kappa shape index (κ2) is 15.2. The molecule has 0 atom stereocenters. The Balaban J connectivity index is 0. The number of quaternary nitrogens is 1. The highest BCUT2D eigenvalue weighted by Crippen LogP contribution is 2.11. The highest BCUT2D eigenvalue weighted by Gasteiger charge is 1.96. The third-order valence-electron chi connectivity index (χ3n) is 3.23. The highest BCUT2D eigenvalue weighted by atomic mass is 32.3. The van der Waals surface area contributed by atoms with Crippen LogP contribution in [0.5, 0.6) is 0 Å². The molecule has 0 aliphatic rings. The number of hydrogen-bond acceptors (Lipinski definition) is 4. The van der Waals surface area contributed by atoms with E-state index in [1.165, 1.54) is 57.8 Å². The summed E-state index contributed by atoms with van der Waals surface area (Å²) in [5, 5.41) is 0. The van der Waals surface area contributed by atoms with Gasteiger partial charge in [-0.1, -0.05) is 77.6 Å². The van der Waals surface area contributed by atoms with E-state index in [9.17, 15) is 13.0 Å². The van der Waals surface area contributed by atoms with Gasteiger partial charge in [-0.3, -0.25) is 4.18 Å². The van der Waals surface area contributed by atoms with Crippen molar-refractivity contribution in [3.05, 3.63) is 0 Å². The predicted octanol–water partition coefficient (Wildman–Crippen LogP) is 4.54. The highest BCUT2D eigenvalue weighted by molar-refractivity contribution is 7.80. The molecular formula is C14H33NO4S. The normalized spacial score (nSPS) is 11.3. The second-order valence-corrected chi connectivity index (χ2v) is 6.17. The number of hydrogen-bond donors (Lipinski definition) is 1. The zero-order valence-electron chi connectivity index (χ0n) is 13.2. The maximum absolute atomic E-state index is 10.2. The molecule has 6 heteroatoms. The van der Waals surface area contributed by atoms with E-state index in [4.69, 9.17) is 0 Å². The fourth-order valence-electron chi connectivity index (χ4n) is 2.10. The van der Waals surface area contributed by atoms with Gasteiger partial charge in [0.1, 0.15) is 0 Å². The summed E-state index contributed by atoms with van der Waals surface area (Å²) in [5.74, 6) is 0. The van der Waals surface area contributed by atoms with Crippen molar-refractivity contribution in [3.63, 3.8) is 0 Å². The van der Waals surface area contributed by atoms with E-state index in [1.54, 1.807) is 0 Å². The van der Waals surface area contributed by atoms with E-state index >= 15 is 0 Å². The van der Waals surface area contributed by atoms with Crippen LogP contribution in [-0.4, -0.2) is 19.6 Å². The van der Waals surface area contributed by atoms with Gasteiger partial charge in [-0.05, 0) is 6.42 Å². The van der Waals surface area contributed by atoms with Crippen LogP contribution in [0.4, 0.5) is 0 Å². The maximum atomic E-state index is 10.2. The SMILES string of the molecule is CCCCCCCCCCCCCCOS(=O)(=O)[O-].[NH4+]. The molecule has 0 saturated heterocycles. The van der Waals surface area contributed by atoms with Gasteiger partial charge in [0.05, 0.1) is 6.61 Å². The van der Waals surface area contributed by atoms with Gasteiger partial charge in [-0.15, -0.1) is 0 Å². The summed E-state index contributed by atoms with van der Waals surface area (Å²) in [7, 11) is -4.49. The zero-order valence-corrected chi connectivity index (χ0v) is 14.1. The third-order valence-corrected chi connectivity index (χ3v) is 3.68. The monoisotopic (exact) mass is 311 g/mol. The lowest BCUT2D eigenvalue weighted by Gasteiger charge is -2.07. The summed E-state index contributed by atoms with van der Waals surface area (Å²) in [6, 6.07) is 0. The van der Waals surface area contributed by atoms with Gasteiger partial charge in [0, 0.05) is 0 Å². The lowest BCUT2D eigenvalue weighted by Crippen LogP contribution is -2.05. The summed E-state index contributed by atoms with van der Waals surface area (Å²) in [6.07, 6.45) is 14.5. The van der Waals surface area contributed by atoms with E-state index < -0.39 is 10.4 Å². The summed E-state index contributed by atoms with van der Waals surface area (Å²) < 4.78 is 34.6. The number of rotatable bonds is 14. The molecule has 0 bridgehead atoms. The molecule has 0 aromatic carbocycles. The lowest BCUT2D eigenvalue weighted by atomic mass is 10.1. The van der Waals surface area contributed by atoms with Gasteiger partial charge < -0.3 is 10.7 Å². The molecule has 0 aromatic rings. The molecule has 0 aromatic heterocycles. The van der Waals surface area contributed by atoms with Crippen LogP contribution in [0.15, 0.2) is 0 Å². The molecule has 5 nitrogen and oxygen atoms in total. The van der Waals surface area contributed by atoms with Gasteiger partial charge in [0.2, 0.25) is 10.4 Å². The average molecular weight is 311 g/mol. The molecule has 0 unspecified atom stereocenters. The van der Waals surface area contributed by atoms with Crippen LogP contribution in [0.3, 0.4) is 0 Å². The Labute approximate surface area is 125 Å². The minimum Gasteiger partial charge on any atom is -0.726 e. The molecule has 0 radical (unpaired) electrons. The molecule has 4 N–H and O–H groups in total. The van der Waals surface area contributed by atoms with Crippen molar-refractivity contribution >= 4 is 10.4 Å². The van der Waals surface area contributed by atoms with Crippen LogP contribution in [0.2, 0.25) is 0 Å². The smallest absolute Gasteiger partial charge is 0.217 e. The molecule has 20 heavy (non-hydrogen) atoms. The van der Waals surface area contributed by atoms with E-state index in [1.807, 2.05) is 0 Å². The van der Waals surface area contributed by atoms with Crippen LogP contribution >= 0.6 is 0 Å². The van der Waals surface area contributed by atoms with E-state index in [0.29, 0.717) is 6.42 Å². The van der Waals surface area contributed by atoms with Crippen LogP contribution < -0.4 is 6.15 Å². The van der Waals surface area contributed by atoms with Crippen molar-refractivity contribution in [1.82, 2.24) is 6.15 Å². The molecule has 0 fully saturated rings. The molecule has 0 amide bonds. The molecule has 0 aliphatic carbocycles. The molecule has 0 rings (SSSR count). The van der Waals surface area contributed by atoms with Crippen molar-refractivity contribution in [1.29, 1.82) is 0 Å². The fourth-order valence-corrected chi connectivity index (χ4v) is 2.43. The number of unbranched alkanes of at least 4 members (excludes halogenated alkanes) is 11. The Hall–Kier alpha value is -0.170. The van der Waals surface area contributed by atoms with Crippen molar-refractivity contribution in [2.24, 2.45) is 0 Å². The molecule has 0 aliphatic heterocycles. The van der Waals surface area contributed by atoms with Gasteiger partial charge >= 0.3 is 0 Å². The van der Waals surface area contributed by atoms with Crippen LogP contribution in [0, 0.1) is 0 Å². The van der Waals surface area contributed by atoms with Crippen LogP contribution in [-0.2, 0) is 14.6 Å². The Bertz CT molecular complexity index is 281. The van der Waals surface area contributed by atoms with Crippen LogP contribution in [0.1, 0.15) is 84.0 Å². The molecule has 0 heterocycles. The largest absolute Gasteiger partial charge is 0.726 e. The first-order valence-corrected chi connectivity index (χ1v) is 9.00. The van der Waals surface area contributed by atoms with E-state index in [-0.39, 0.29) is 12.8 Å². The fraction of sp³-hybridized carbons (Fsp3) is 1.00. The van der Waals surface area contributed by atoms with Gasteiger partial charge in [0.15, 0.2) is 0 Å². The maximum Gasteiger partial charge on any atom is 0.217 e. The first-order chi connectivity index (χ1) is 9.06. The third kappa shape index (κ3) is 20.2. The minimum atomic E-state index is -4.49. The van der Waals surface area contributed by atoms with Gasteiger partial charge in [-0.2, -0.15) is 0 Å². The topological polar surface area (TPSA) is 103 Å². The average Bonchev–Trinajstić information content (AvgIpc) is 2.34. The predicted molar refractivity (Wildman–Crippen MR) is 82.7 cm³/mol. The van der Waals surface area contributed by atoms with E-state index in [2.05, 4.69) is 11.1 Å². The summed E-state index contributed by atoms with van der Waals surface area (Å²) in [4.78, 5) is 0. The van der Waals surface area contributed by atoms with Gasteiger partial charge in [0.25, 0.3) is 0 Å². The first kappa shape index (κ1) is 22.1. The summed E-state index contributed by atoms with van der Waals surface area (Å²) in [5.41, 5.74) is 0. The van der Waals surface area contributed by atoms with Crippen molar-refractivity contribution < 1.29 is 17.2 Å². The van der Waals surface area contributed by atoms with Crippen molar-refractivity contribution in [2.75, 3.05) is 6.61 Å². The molecule has 124 valence electrons. The Morgan fingerprint density at radius 3 is 1.45 bits per heavy atom. The first-order valence-electron chi connectivity index (χ1n) is 7.66. The molecule has 0 spiro atoms. The Kier molecular flexibility index (Phi) is 16.8. The molecular weight excluding hydrogens is 278 g/mol. The summed E-state index contributed by atoms with van der Waals surface area (Å²) in [6.45, 7) is 2.26. The van der Waals surface area contributed by atoms with Crippen molar-refractivity contribution in [2.45, 2.75) is 84.0 Å². The lowest BCUT2D eigenvalue weighted by molar-refractivity contribution is 0.255.